The van der Waals surface area contributed by atoms with E-state index in [1.807, 2.05) is 23.1 Å². The second-order valence-corrected chi connectivity index (χ2v) is 7.01. The van der Waals surface area contributed by atoms with Gasteiger partial charge in [0.2, 0.25) is 5.91 Å². The molecule has 1 aliphatic rings. The second-order valence-electron chi connectivity index (χ2n) is 6.06. The molecule has 2 aromatic rings. The highest BCUT2D eigenvalue weighted by atomic mass is 32.2. The summed E-state index contributed by atoms with van der Waals surface area (Å²) in [5.41, 5.74) is 2.16. The lowest BCUT2D eigenvalue weighted by Gasteiger charge is -2.24. The predicted octanol–water partition coefficient (Wildman–Crippen LogP) is 3.94. The molecule has 1 amide bonds. The van der Waals surface area contributed by atoms with Crippen LogP contribution in [0, 0.1) is 0 Å². The smallest absolute Gasteiger partial charge is 0.233 e. The third-order valence-electron chi connectivity index (χ3n) is 4.47. The topological polar surface area (TPSA) is 38.1 Å². The number of amides is 1. The summed E-state index contributed by atoms with van der Waals surface area (Å²) in [6, 6.07) is 8.17. The van der Waals surface area contributed by atoms with Gasteiger partial charge in [-0.1, -0.05) is 43.2 Å². The predicted molar refractivity (Wildman–Crippen MR) is 95.8 cm³/mol. The van der Waals surface area contributed by atoms with E-state index in [2.05, 4.69) is 22.5 Å². The van der Waals surface area contributed by atoms with Crippen molar-refractivity contribution in [1.82, 2.24) is 14.5 Å². The third-order valence-corrected chi connectivity index (χ3v) is 5.43. The Labute approximate surface area is 142 Å². The van der Waals surface area contributed by atoms with Crippen molar-refractivity contribution in [1.29, 1.82) is 0 Å². The number of benzene rings is 1. The molecular weight excluding hydrogens is 306 g/mol. The van der Waals surface area contributed by atoms with Gasteiger partial charge >= 0.3 is 0 Å². The normalized spacial score (nSPS) is 16.3. The summed E-state index contributed by atoms with van der Waals surface area (Å²) in [6.07, 6.45) is 6.11. The number of aromatic nitrogens is 2. The monoisotopic (exact) mass is 331 g/mol. The van der Waals surface area contributed by atoms with E-state index >= 15 is 0 Å². The molecule has 3 rings (SSSR count). The minimum Gasteiger partial charge on any atom is -0.342 e. The number of aryl methyl sites for hydroxylation is 1. The van der Waals surface area contributed by atoms with Gasteiger partial charge in [0.15, 0.2) is 5.16 Å². The number of nitrogens with zero attached hydrogens (tertiary/aromatic N) is 3. The molecule has 124 valence electrons. The molecule has 0 atom stereocenters. The van der Waals surface area contributed by atoms with Crippen LogP contribution < -0.4 is 0 Å². The highest BCUT2D eigenvalue weighted by Gasteiger charge is 2.17. The summed E-state index contributed by atoms with van der Waals surface area (Å²) in [4.78, 5) is 19.3. The van der Waals surface area contributed by atoms with Crippen LogP contribution in [0.2, 0.25) is 0 Å². The third kappa shape index (κ3) is 3.89. The number of hydrogen-bond acceptors (Lipinski definition) is 3. The van der Waals surface area contributed by atoms with Gasteiger partial charge in [0.1, 0.15) is 0 Å². The summed E-state index contributed by atoms with van der Waals surface area (Å²) in [5, 5.41) is 0.953. The van der Waals surface area contributed by atoms with Crippen molar-refractivity contribution in [3.05, 3.63) is 24.3 Å². The highest BCUT2D eigenvalue weighted by Crippen LogP contribution is 2.24. The number of carbonyl (C=O) groups excluding carboxylic acids is 1. The molecule has 0 saturated carbocycles. The molecule has 23 heavy (non-hydrogen) atoms. The van der Waals surface area contributed by atoms with Crippen LogP contribution in [0.1, 0.15) is 39.0 Å². The van der Waals surface area contributed by atoms with Crippen molar-refractivity contribution >= 4 is 28.7 Å². The van der Waals surface area contributed by atoms with E-state index in [4.69, 9.17) is 0 Å². The van der Waals surface area contributed by atoms with Gasteiger partial charge in [0, 0.05) is 19.6 Å². The fraction of sp³-hybridized carbons (Fsp3) is 0.556. The van der Waals surface area contributed by atoms with E-state index in [-0.39, 0.29) is 5.91 Å². The van der Waals surface area contributed by atoms with Crippen LogP contribution in [-0.4, -0.2) is 39.2 Å². The minimum atomic E-state index is 0.256. The lowest BCUT2D eigenvalue weighted by molar-refractivity contribution is -0.128. The average molecular weight is 331 g/mol. The molecule has 5 heteroatoms. The molecule has 0 unspecified atom stereocenters. The van der Waals surface area contributed by atoms with Crippen molar-refractivity contribution in [2.45, 2.75) is 50.7 Å². The maximum absolute atomic E-state index is 12.5. The first kappa shape index (κ1) is 16.4. The van der Waals surface area contributed by atoms with Gasteiger partial charge in [-0.25, -0.2) is 4.98 Å². The van der Waals surface area contributed by atoms with Crippen LogP contribution in [0.3, 0.4) is 0 Å². The number of imidazole rings is 1. The lowest BCUT2D eigenvalue weighted by atomic mass is 10.1. The van der Waals surface area contributed by atoms with Crippen molar-refractivity contribution in [2.24, 2.45) is 0 Å². The van der Waals surface area contributed by atoms with E-state index in [0.717, 1.165) is 48.7 Å². The first-order chi connectivity index (χ1) is 11.3. The summed E-state index contributed by atoms with van der Waals surface area (Å²) in [5.74, 6) is 0.746. The minimum absolute atomic E-state index is 0.256. The Hall–Kier alpha value is -1.49. The van der Waals surface area contributed by atoms with E-state index in [1.165, 1.54) is 19.3 Å². The standard InChI is InChI=1S/C18H25N3OS/c1-2-21-16-11-7-6-10-15(16)19-18(21)23-14-17(22)20-12-8-4-3-5-9-13-20/h6-7,10-11H,2-5,8-9,12-14H2,1H3. The van der Waals surface area contributed by atoms with Crippen LogP contribution in [0.4, 0.5) is 0 Å². The number of hydrogen-bond donors (Lipinski definition) is 0. The zero-order valence-electron chi connectivity index (χ0n) is 13.8. The fourth-order valence-corrected chi connectivity index (χ4v) is 4.16. The largest absolute Gasteiger partial charge is 0.342 e. The van der Waals surface area contributed by atoms with E-state index in [1.54, 1.807) is 11.8 Å². The molecule has 2 heterocycles. The molecule has 1 aromatic heterocycles. The summed E-state index contributed by atoms with van der Waals surface area (Å²) in [7, 11) is 0. The van der Waals surface area contributed by atoms with Crippen LogP contribution in [0.25, 0.3) is 11.0 Å². The molecule has 0 aliphatic carbocycles. The lowest BCUT2D eigenvalue weighted by Crippen LogP contribution is -2.35. The van der Waals surface area contributed by atoms with Crippen LogP contribution in [-0.2, 0) is 11.3 Å². The van der Waals surface area contributed by atoms with E-state index < -0.39 is 0 Å². The molecular formula is C18H25N3OS. The molecule has 0 radical (unpaired) electrons. The van der Waals surface area contributed by atoms with Gasteiger partial charge in [-0.05, 0) is 31.9 Å². The zero-order valence-corrected chi connectivity index (χ0v) is 14.6. The number of carbonyl (C=O) groups is 1. The Morgan fingerprint density at radius 1 is 1.13 bits per heavy atom. The van der Waals surface area contributed by atoms with Crippen molar-refractivity contribution in [3.8, 4) is 0 Å². The maximum atomic E-state index is 12.5. The molecule has 4 nitrogen and oxygen atoms in total. The first-order valence-corrected chi connectivity index (χ1v) is 9.64. The van der Waals surface area contributed by atoms with Gasteiger partial charge in [0.25, 0.3) is 0 Å². The Kier molecular flexibility index (Phi) is 5.60. The summed E-state index contributed by atoms with van der Waals surface area (Å²) < 4.78 is 2.20. The Morgan fingerprint density at radius 2 is 1.83 bits per heavy atom. The molecule has 0 N–H and O–H groups in total. The summed E-state index contributed by atoms with van der Waals surface area (Å²) >= 11 is 1.57. The van der Waals surface area contributed by atoms with Crippen molar-refractivity contribution < 1.29 is 4.79 Å². The molecule has 1 aliphatic heterocycles. The Morgan fingerprint density at radius 3 is 2.57 bits per heavy atom. The molecule has 1 saturated heterocycles. The average Bonchev–Trinajstić information content (AvgIpc) is 2.89. The highest BCUT2D eigenvalue weighted by molar-refractivity contribution is 7.99. The van der Waals surface area contributed by atoms with Gasteiger partial charge in [0.05, 0.1) is 16.8 Å². The molecule has 0 bridgehead atoms. The summed E-state index contributed by atoms with van der Waals surface area (Å²) in [6.45, 7) is 4.84. The van der Waals surface area contributed by atoms with Crippen molar-refractivity contribution in [3.63, 3.8) is 0 Å². The molecule has 1 aromatic carbocycles. The first-order valence-electron chi connectivity index (χ1n) is 8.65. The maximum Gasteiger partial charge on any atom is 0.233 e. The fourth-order valence-electron chi connectivity index (χ4n) is 3.18. The second kappa shape index (κ2) is 7.86. The number of rotatable bonds is 4. The number of likely N-dealkylation sites (tertiary alicyclic amines) is 1. The van der Waals surface area contributed by atoms with Crippen LogP contribution >= 0.6 is 11.8 Å². The SMILES string of the molecule is CCn1c(SCC(=O)N2CCCCCCC2)nc2ccccc21. The van der Waals surface area contributed by atoms with E-state index in [0.29, 0.717) is 5.75 Å². The number of thioether (sulfide) groups is 1. The number of para-hydroxylation sites is 2. The zero-order chi connectivity index (χ0) is 16.1. The van der Waals surface area contributed by atoms with Gasteiger partial charge in [-0.2, -0.15) is 0 Å². The van der Waals surface area contributed by atoms with Gasteiger partial charge in [-0.15, -0.1) is 0 Å². The van der Waals surface area contributed by atoms with Crippen LogP contribution in [0.15, 0.2) is 29.4 Å². The van der Waals surface area contributed by atoms with Crippen LogP contribution in [0.5, 0.6) is 0 Å². The quantitative estimate of drug-likeness (QED) is 0.797. The van der Waals surface area contributed by atoms with E-state index in [9.17, 15) is 4.79 Å². The Bertz CT molecular complexity index is 659. The van der Waals surface area contributed by atoms with Gasteiger partial charge < -0.3 is 9.47 Å². The number of fused-ring (bicyclic) bond motifs is 1. The van der Waals surface area contributed by atoms with Crippen molar-refractivity contribution in [2.75, 3.05) is 18.8 Å². The Balaban J connectivity index is 1.66. The molecule has 1 fully saturated rings. The van der Waals surface area contributed by atoms with Gasteiger partial charge in [-0.3, -0.25) is 4.79 Å². The molecule has 0 spiro atoms.